The zero-order valence-electron chi connectivity index (χ0n) is 6.70. The lowest BCUT2D eigenvalue weighted by molar-refractivity contribution is -0.179. The summed E-state index contributed by atoms with van der Waals surface area (Å²) in [5, 5.41) is 0. The molecule has 0 heterocycles. The van der Waals surface area contributed by atoms with E-state index in [4.69, 9.17) is 0 Å². The molecule has 0 spiro atoms. The molecule has 0 amide bonds. The molecule has 0 nitrogen and oxygen atoms in total. The number of rotatable bonds is 0. The van der Waals surface area contributed by atoms with Crippen molar-refractivity contribution in [2.45, 2.75) is 19.3 Å². The van der Waals surface area contributed by atoms with Gasteiger partial charge in [-0.3, -0.25) is 0 Å². The molecule has 0 aromatic carbocycles. The molecule has 1 rings (SSSR count). The quantitative estimate of drug-likeness (QED) is 0.524. The van der Waals surface area contributed by atoms with Crippen LogP contribution in [0.2, 0.25) is 0 Å². The van der Waals surface area contributed by atoms with Crippen molar-refractivity contribution < 1.29 is 22.0 Å². The van der Waals surface area contributed by atoms with Gasteiger partial charge in [0.1, 0.15) is 17.9 Å². The second-order valence-corrected chi connectivity index (χ2v) is 2.90. The van der Waals surface area contributed by atoms with E-state index >= 15 is 0 Å². The fourth-order valence-electron chi connectivity index (χ4n) is 1.19. The Hall–Kier alpha value is -0.870. The van der Waals surface area contributed by atoms with Gasteiger partial charge in [0.2, 0.25) is 0 Å². The van der Waals surface area contributed by atoms with Crippen LogP contribution >= 0.6 is 0 Å². The van der Waals surface area contributed by atoms with Crippen LogP contribution in [0.15, 0.2) is 23.6 Å². The Balaban J connectivity index is 2.97. The zero-order chi connectivity index (χ0) is 10.2. The molecule has 2 atom stereocenters. The van der Waals surface area contributed by atoms with Crippen molar-refractivity contribution in [3.8, 4) is 0 Å². The fraction of sp³-hybridized carbons (Fsp3) is 0.500. The lowest BCUT2D eigenvalue weighted by Crippen LogP contribution is -2.32. The molecule has 1 aliphatic rings. The van der Waals surface area contributed by atoms with Gasteiger partial charge in [0.05, 0.1) is 0 Å². The van der Waals surface area contributed by atoms with Crippen LogP contribution in [0.25, 0.3) is 0 Å². The average molecular weight is 198 g/mol. The summed E-state index contributed by atoms with van der Waals surface area (Å²) >= 11 is 0. The fourth-order valence-corrected chi connectivity index (χ4v) is 1.19. The summed E-state index contributed by atoms with van der Waals surface area (Å²) in [5.41, 5.74) is 0.172. The van der Waals surface area contributed by atoms with E-state index in [9.17, 15) is 22.0 Å². The summed E-state index contributed by atoms with van der Waals surface area (Å²) in [6.07, 6.45) is -5.71. The van der Waals surface area contributed by atoms with E-state index in [2.05, 4.69) is 0 Å². The SMILES string of the molecule is CC1=CC(F)C(C(F)(F)F)C(F)=C1. The maximum Gasteiger partial charge on any atom is 0.401 e. The summed E-state index contributed by atoms with van der Waals surface area (Å²) in [6.45, 7) is 1.35. The van der Waals surface area contributed by atoms with E-state index in [1.54, 1.807) is 0 Å². The lowest BCUT2D eigenvalue weighted by Gasteiger charge is -2.23. The third-order valence-electron chi connectivity index (χ3n) is 1.76. The Kier molecular flexibility index (Phi) is 2.45. The van der Waals surface area contributed by atoms with Gasteiger partial charge in [-0.25, -0.2) is 8.78 Å². The Morgan fingerprint density at radius 1 is 1.31 bits per heavy atom. The van der Waals surface area contributed by atoms with E-state index in [0.29, 0.717) is 6.08 Å². The molecule has 0 saturated carbocycles. The highest BCUT2D eigenvalue weighted by Gasteiger charge is 2.48. The Morgan fingerprint density at radius 3 is 2.23 bits per heavy atom. The van der Waals surface area contributed by atoms with Crippen LogP contribution in [0.4, 0.5) is 22.0 Å². The van der Waals surface area contributed by atoms with Crippen molar-refractivity contribution >= 4 is 0 Å². The Morgan fingerprint density at radius 2 is 1.85 bits per heavy atom. The topological polar surface area (TPSA) is 0 Å². The minimum absolute atomic E-state index is 0.172. The van der Waals surface area contributed by atoms with Crippen LogP contribution in [-0.4, -0.2) is 12.3 Å². The highest BCUT2D eigenvalue weighted by molar-refractivity contribution is 5.28. The molecular weight excluding hydrogens is 191 g/mol. The average Bonchev–Trinajstić information content (AvgIpc) is 1.78. The molecule has 0 N–H and O–H groups in total. The molecule has 0 aromatic heterocycles. The predicted octanol–water partition coefficient (Wildman–Crippen LogP) is 3.32. The molecule has 0 saturated heterocycles. The summed E-state index contributed by atoms with van der Waals surface area (Å²) in [4.78, 5) is 0. The van der Waals surface area contributed by atoms with E-state index in [-0.39, 0.29) is 5.57 Å². The van der Waals surface area contributed by atoms with Gasteiger partial charge in [0.15, 0.2) is 0 Å². The van der Waals surface area contributed by atoms with Gasteiger partial charge in [-0.1, -0.05) is 0 Å². The summed E-state index contributed by atoms with van der Waals surface area (Å²) in [5.74, 6) is -4.09. The van der Waals surface area contributed by atoms with Gasteiger partial charge >= 0.3 is 6.18 Å². The molecule has 0 fully saturated rings. The highest BCUT2D eigenvalue weighted by Crippen LogP contribution is 2.39. The number of alkyl halides is 4. The molecule has 0 radical (unpaired) electrons. The van der Waals surface area contributed by atoms with Crippen molar-refractivity contribution in [2.75, 3.05) is 0 Å². The first-order valence-corrected chi connectivity index (χ1v) is 3.58. The molecule has 0 bridgehead atoms. The maximum atomic E-state index is 12.8. The minimum Gasteiger partial charge on any atom is -0.242 e. The van der Waals surface area contributed by atoms with Crippen LogP contribution in [0.1, 0.15) is 6.92 Å². The lowest BCUT2D eigenvalue weighted by atomic mass is 9.94. The Labute approximate surface area is 71.7 Å². The molecule has 0 aromatic rings. The van der Waals surface area contributed by atoms with Gasteiger partial charge < -0.3 is 0 Å². The molecule has 0 aliphatic heterocycles. The van der Waals surface area contributed by atoms with E-state index in [1.165, 1.54) is 6.92 Å². The molecule has 13 heavy (non-hydrogen) atoms. The van der Waals surface area contributed by atoms with Gasteiger partial charge in [0, 0.05) is 0 Å². The van der Waals surface area contributed by atoms with Crippen LogP contribution in [0.3, 0.4) is 0 Å². The predicted molar refractivity (Wildman–Crippen MR) is 37.4 cm³/mol. The largest absolute Gasteiger partial charge is 0.401 e. The number of hydrogen-bond acceptors (Lipinski definition) is 0. The molecule has 2 unspecified atom stereocenters. The minimum atomic E-state index is -4.86. The molecule has 1 aliphatic carbocycles. The normalized spacial score (nSPS) is 29.7. The van der Waals surface area contributed by atoms with Crippen molar-refractivity contribution in [2.24, 2.45) is 5.92 Å². The van der Waals surface area contributed by atoms with Crippen molar-refractivity contribution in [1.29, 1.82) is 0 Å². The van der Waals surface area contributed by atoms with Crippen molar-refractivity contribution in [1.82, 2.24) is 0 Å². The number of allylic oxidation sites excluding steroid dienone is 4. The van der Waals surface area contributed by atoms with E-state index < -0.39 is 24.1 Å². The number of halogens is 5. The second kappa shape index (κ2) is 3.12. The van der Waals surface area contributed by atoms with Crippen molar-refractivity contribution in [3.05, 3.63) is 23.6 Å². The third kappa shape index (κ3) is 2.08. The van der Waals surface area contributed by atoms with E-state index in [0.717, 1.165) is 6.08 Å². The van der Waals surface area contributed by atoms with Crippen molar-refractivity contribution in [3.63, 3.8) is 0 Å². The summed E-state index contributed by atoms with van der Waals surface area (Å²) < 4.78 is 61.5. The van der Waals surface area contributed by atoms with Gasteiger partial charge in [-0.2, -0.15) is 13.2 Å². The second-order valence-electron chi connectivity index (χ2n) is 2.90. The Bertz CT molecular complexity index is 260. The molecule has 5 heteroatoms. The van der Waals surface area contributed by atoms with E-state index in [1.807, 2.05) is 0 Å². The van der Waals surface area contributed by atoms with Gasteiger partial charge in [-0.05, 0) is 24.6 Å². The standard InChI is InChI=1S/C8H7F5/c1-4-2-5(9)7(6(10)3-4)8(11,12)13/h2-3,5,7H,1H3. The summed E-state index contributed by atoms with van der Waals surface area (Å²) in [7, 11) is 0. The van der Waals surface area contributed by atoms with Crippen LogP contribution in [0, 0.1) is 5.92 Å². The zero-order valence-corrected chi connectivity index (χ0v) is 6.70. The van der Waals surface area contributed by atoms with Gasteiger partial charge in [-0.15, -0.1) is 0 Å². The molecule has 74 valence electrons. The highest BCUT2D eigenvalue weighted by atomic mass is 19.4. The molecular formula is C8H7F5. The van der Waals surface area contributed by atoms with Crippen LogP contribution in [0.5, 0.6) is 0 Å². The monoisotopic (exact) mass is 198 g/mol. The third-order valence-corrected chi connectivity index (χ3v) is 1.76. The first kappa shape index (κ1) is 10.2. The summed E-state index contributed by atoms with van der Waals surface area (Å²) in [6, 6.07) is 0. The first-order valence-electron chi connectivity index (χ1n) is 3.58. The van der Waals surface area contributed by atoms with Gasteiger partial charge in [0.25, 0.3) is 0 Å². The first-order chi connectivity index (χ1) is 5.82. The smallest absolute Gasteiger partial charge is 0.242 e. The van der Waals surface area contributed by atoms with Crippen LogP contribution in [-0.2, 0) is 0 Å². The maximum absolute atomic E-state index is 12.8. The van der Waals surface area contributed by atoms with Crippen LogP contribution < -0.4 is 0 Å². The number of hydrogen-bond donors (Lipinski definition) is 0.